The molecule has 0 aromatic carbocycles. The number of thioether (sulfide) groups is 1. The van der Waals surface area contributed by atoms with Gasteiger partial charge in [0, 0.05) is 6.61 Å². The lowest BCUT2D eigenvalue weighted by Crippen LogP contribution is -1.86. The zero-order valence-electron chi connectivity index (χ0n) is 11.0. The largest absolute Gasteiger partial charge is 0.396 e. The van der Waals surface area contributed by atoms with Crippen molar-refractivity contribution in [1.29, 1.82) is 0 Å². The second kappa shape index (κ2) is 15.3. The van der Waals surface area contributed by atoms with Crippen molar-refractivity contribution in [1.82, 2.24) is 0 Å². The lowest BCUT2D eigenvalue weighted by molar-refractivity contribution is 0.282. The van der Waals surface area contributed by atoms with Crippen molar-refractivity contribution >= 4 is 11.8 Å². The van der Waals surface area contributed by atoms with Crippen LogP contribution in [0, 0.1) is 0 Å². The van der Waals surface area contributed by atoms with E-state index in [1.54, 1.807) is 0 Å². The van der Waals surface area contributed by atoms with Gasteiger partial charge in [-0.2, -0.15) is 11.8 Å². The van der Waals surface area contributed by atoms with E-state index in [1.807, 2.05) is 0 Å². The Kier molecular flexibility index (Phi) is 15.6. The van der Waals surface area contributed by atoms with Crippen molar-refractivity contribution in [2.24, 2.45) is 0 Å². The topological polar surface area (TPSA) is 20.2 Å². The third-order valence-electron chi connectivity index (χ3n) is 2.80. The number of hydrogen-bond acceptors (Lipinski definition) is 2. The fourth-order valence-corrected chi connectivity index (χ4v) is 2.70. The molecular formula is C14H30OS. The SMILES string of the molecule is CCCSCCCCCCCCCCCO. The molecule has 0 aromatic heterocycles. The van der Waals surface area contributed by atoms with Crippen LogP contribution >= 0.6 is 11.8 Å². The number of unbranched alkanes of at least 4 members (excludes halogenated alkanes) is 8. The van der Waals surface area contributed by atoms with Gasteiger partial charge in [0.2, 0.25) is 0 Å². The van der Waals surface area contributed by atoms with Gasteiger partial charge in [0.15, 0.2) is 0 Å². The summed E-state index contributed by atoms with van der Waals surface area (Å²) in [5.74, 6) is 2.70. The molecule has 0 saturated heterocycles. The fraction of sp³-hybridized carbons (Fsp3) is 1.00. The molecular weight excluding hydrogens is 216 g/mol. The van der Waals surface area contributed by atoms with Crippen LogP contribution in [0.15, 0.2) is 0 Å². The van der Waals surface area contributed by atoms with E-state index in [0.29, 0.717) is 6.61 Å². The van der Waals surface area contributed by atoms with Crippen LogP contribution in [0.3, 0.4) is 0 Å². The maximum absolute atomic E-state index is 8.63. The molecule has 0 aromatic rings. The minimum atomic E-state index is 0.370. The Balaban J connectivity index is 2.83. The predicted octanol–water partition coefficient (Wildman–Crippen LogP) is 4.63. The van der Waals surface area contributed by atoms with Gasteiger partial charge >= 0.3 is 0 Å². The number of aliphatic hydroxyl groups is 1. The Morgan fingerprint density at radius 1 is 0.688 bits per heavy atom. The lowest BCUT2D eigenvalue weighted by atomic mass is 10.1. The third kappa shape index (κ3) is 14.3. The molecule has 0 aliphatic carbocycles. The van der Waals surface area contributed by atoms with E-state index in [1.165, 1.54) is 69.3 Å². The second-order valence-corrected chi connectivity index (χ2v) is 5.74. The molecule has 0 bridgehead atoms. The van der Waals surface area contributed by atoms with Gasteiger partial charge in [0.05, 0.1) is 0 Å². The first-order chi connectivity index (χ1) is 7.91. The van der Waals surface area contributed by atoms with Gasteiger partial charge in [-0.3, -0.25) is 0 Å². The zero-order valence-corrected chi connectivity index (χ0v) is 11.9. The Hall–Kier alpha value is 0.310. The molecule has 0 saturated carbocycles. The quantitative estimate of drug-likeness (QED) is 0.478. The summed E-state index contributed by atoms with van der Waals surface area (Å²) in [5, 5.41) is 8.63. The maximum Gasteiger partial charge on any atom is 0.0431 e. The summed E-state index contributed by atoms with van der Waals surface area (Å²) in [6.07, 6.45) is 13.3. The molecule has 0 unspecified atom stereocenters. The smallest absolute Gasteiger partial charge is 0.0431 e. The van der Waals surface area contributed by atoms with Crippen molar-refractivity contribution in [3.05, 3.63) is 0 Å². The summed E-state index contributed by atoms with van der Waals surface area (Å²) >= 11 is 2.11. The Morgan fingerprint density at radius 2 is 1.19 bits per heavy atom. The highest BCUT2D eigenvalue weighted by Gasteiger charge is 1.93. The highest BCUT2D eigenvalue weighted by molar-refractivity contribution is 7.99. The van der Waals surface area contributed by atoms with Gasteiger partial charge in [-0.05, 0) is 30.8 Å². The molecule has 0 aliphatic rings. The highest BCUT2D eigenvalue weighted by atomic mass is 32.2. The predicted molar refractivity (Wildman–Crippen MR) is 76.3 cm³/mol. The molecule has 0 fully saturated rings. The van der Waals surface area contributed by atoms with Crippen LogP contribution in [0.1, 0.15) is 71.1 Å². The van der Waals surface area contributed by atoms with E-state index < -0.39 is 0 Å². The van der Waals surface area contributed by atoms with Crippen molar-refractivity contribution in [2.75, 3.05) is 18.1 Å². The summed E-state index contributed by atoms with van der Waals surface area (Å²) in [6.45, 7) is 2.62. The molecule has 1 N–H and O–H groups in total. The Bertz CT molecular complexity index is 103. The van der Waals surface area contributed by atoms with Crippen molar-refractivity contribution in [3.63, 3.8) is 0 Å². The molecule has 1 nitrogen and oxygen atoms in total. The van der Waals surface area contributed by atoms with Gasteiger partial charge in [0.25, 0.3) is 0 Å². The van der Waals surface area contributed by atoms with Crippen LogP contribution in [0.25, 0.3) is 0 Å². The zero-order chi connectivity index (χ0) is 11.9. The monoisotopic (exact) mass is 246 g/mol. The summed E-state index contributed by atoms with van der Waals surface area (Å²) < 4.78 is 0. The van der Waals surface area contributed by atoms with E-state index in [0.717, 1.165) is 6.42 Å². The van der Waals surface area contributed by atoms with E-state index in [9.17, 15) is 0 Å². The minimum absolute atomic E-state index is 0.370. The average molecular weight is 246 g/mol. The second-order valence-electron chi connectivity index (χ2n) is 4.52. The van der Waals surface area contributed by atoms with Crippen molar-refractivity contribution < 1.29 is 5.11 Å². The molecule has 0 spiro atoms. The third-order valence-corrected chi connectivity index (χ3v) is 4.07. The molecule has 0 radical (unpaired) electrons. The molecule has 98 valence electrons. The summed E-state index contributed by atoms with van der Waals surface area (Å²) in [4.78, 5) is 0. The summed E-state index contributed by atoms with van der Waals surface area (Å²) in [5.41, 5.74) is 0. The van der Waals surface area contributed by atoms with Crippen LogP contribution in [-0.2, 0) is 0 Å². The number of aliphatic hydroxyl groups excluding tert-OH is 1. The van der Waals surface area contributed by atoms with E-state index >= 15 is 0 Å². The lowest BCUT2D eigenvalue weighted by Gasteiger charge is -2.02. The van der Waals surface area contributed by atoms with Gasteiger partial charge in [0.1, 0.15) is 0 Å². The Morgan fingerprint density at radius 3 is 1.69 bits per heavy atom. The number of hydrogen-bond donors (Lipinski definition) is 1. The van der Waals surface area contributed by atoms with Crippen LogP contribution in [0.5, 0.6) is 0 Å². The van der Waals surface area contributed by atoms with Crippen LogP contribution < -0.4 is 0 Å². The Labute approximate surface area is 106 Å². The van der Waals surface area contributed by atoms with Gasteiger partial charge in [-0.1, -0.05) is 51.9 Å². The first kappa shape index (κ1) is 16.3. The van der Waals surface area contributed by atoms with E-state index in [2.05, 4.69) is 18.7 Å². The molecule has 2 heteroatoms. The standard InChI is InChI=1S/C14H30OS/c1-2-13-16-14-11-9-7-5-3-4-6-8-10-12-15/h15H,2-14H2,1H3. The molecule has 0 atom stereocenters. The van der Waals surface area contributed by atoms with Crippen molar-refractivity contribution in [3.8, 4) is 0 Å². The summed E-state index contributed by atoms with van der Waals surface area (Å²) in [7, 11) is 0. The summed E-state index contributed by atoms with van der Waals surface area (Å²) in [6, 6.07) is 0. The first-order valence-electron chi connectivity index (χ1n) is 7.10. The maximum atomic E-state index is 8.63. The molecule has 0 rings (SSSR count). The van der Waals surface area contributed by atoms with Crippen molar-refractivity contribution in [2.45, 2.75) is 71.1 Å². The first-order valence-corrected chi connectivity index (χ1v) is 8.26. The van der Waals surface area contributed by atoms with E-state index in [4.69, 9.17) is 5.11 Å². The van der Waals surface area contributed by atoms with E-state index in [-0.39, 0.29) is 0 Å². The molecule has 16 heavy (non-hydrogen) atoms. The van der Waals surface area contributed by atoms with Gasteiger partial charge in [-0.15, -0.1) is 0 Å². The molecule has 0 heterocycles. The normalized spacial score (nSPS) is 10.9. The van der Waals surface area contributed by atoms with Gasteiger partial charge < -0.3 is 5.11 Å². The fourth-order valence-electron chi connectivity index (χ4n) is 1.80. The minimum Gasteiger partial charge on any atom is -0.396 e. The van der Waals surface area contributed by atoms with Crippen LogP contribution in [0.4, 0.5) is 0 Å². The van der Waals surface area contributed by atoms with Crippen LogP contribution in [-0.4, -0.2) is 23.2 Å². The average Bonchev–Trinajstić information content (AvgIpc) is 2.31. The van der Waals surface area contributed by atoms with Gasteiger partial charge in [-0.25, -0.2) is 0 Å². The molecule has 0 amide bonds. The molecule has 0 aliphatic heterocycles. The highest BCUT2D eigenvalue weighted by Crippen LogP contribution is 2.12. The number of rotatable bonds is 13. The van der Waals surface area contributed by atoms with Crippen LogP contribution in [0.2, 0.25) is 0 Å².